The smallest absolute Gasteiger partial charge is 0.267 e. The Hall–Kier alpha value is -3.92. The van der Waals surface area contributed by atoms with Crippen LogP contribution in [0.3, 0.4) is 0 Å². The summed E-state index contributed by atoms with van der Waals surface area (Å²) in [6.45, 7) is 1.43. The number of nitrogens with one attached hydrogen (secondary N) is 2. The molecule has 4 N–H and O–H groups in total. The average molecular weight is 348 g/mol. The van der Waals surface area contributed by atoms with Crippen molar-refractivity contribution < 1.29 is 14.4 Å². The molecule has 0 saturated heterocycles. The third-order valence-corrected chi connectivity index (χ3v) is 3.44. The summed E-state index contributed by atoms with van der Waals surface area (Å²) in [4.78, 5) is 34.6. The van der Waals surface area contributed by atoms with Crippen molar-refractivity contribution in [1.29, 1.82) is 5.26 Å². The number of amides is 2. The van der Waals surface area contributed by atoms with E-state index in [1.165, 1.54) is 31.3 Å². The molecule has 0 spiro atoms. The van der Waals surface area contributed by atoms with E-state index in [1.807, 2.05) is 0 Å². The van der Waals surface area contributed by atoms with Crippen LogP contribution in [0.1, 0.15) is 27.6 Å². The second kappa shape index (κ2) is 8.26. The normalized spacial score (nSPS) is 10.5. The quantitative estimate of drug-likeness (QED) is 0.420. The summed E-state index contributed by atoms with van der Waals surface area (Å²) in [5.74, 6) is -1.29. The number of nitrogens with zero attached hydrogens (tertiary/aromatic N) is 1. The number of carbonyl (C=O) groups is 3. The molecule has 0 saturated carbocycles. The van der Waals surface area contributed by atoms with E-state index in [-0.39, 0.29) is 11.4 Å². The fourth-order valence-corrected chi connectivity index (χ4v) is 2.05. The Morgan fingerprint density at radius 1 is 1.04 bits per heavy atom. The van der Waals surface area contributed by atoms with Gasteiger partial charge in [-0.05, 0) is 43.3 Å². The summed E-state index contributed by atoms with van der Waals surface area (Å²) in [7, 11) is 0. The molecule has 7 heteroatoms. The van der Waals surface area contributed by atoms with E-state index in [0.717, 1.165) is 0 Å². The molecule has 0 aliphatic carbocycles. The van der Waals surface area contributed by atoms with Crippen LogP contribution in [0.25, 0.3) is 0 Å². The van der Waals surface area contributed by atoms with Gasteiger partial charge in [0.2, 0.25) is 5.91 Å². The average Bonchev–Trinajstić information content (AvgIpc) is 2.62. The van der Waals surface area contributed by atoms with Crippen LogP contribution in [-0.2, 0) is 4.79 Å². The fourth-order valence-electron chi connectivity index (χ4n) is 2.05. The van der Waals surface area contributed by atoms with E-state index >= 15 is 0 Å². The second-order valence-corrected chi connectivity index (χ2v) is 5.35. The molecule has 130 valence electrons. The molecule has 26 heavy (non-hydrogen) atoms. The lowest BCUT2D eigenvalue weighted by Crippen LogP contribution is -2.15. The number of hydrogen-bond donors (Lipinski definition) is 3. The van der Waals surface area contributed by atoms with Crippen LogP contribution in [0.2, 0.25) is 0 Å². The van der Waals surface area contributed by atoms with Crippen molar-refractivity contribution in [3.63, 3.8) is 0 Å². The van der Waals surface area contributed by atoms with E-state index in [9.17, 15) is 19.6 Å². The highest BCUT2D eigenvalue weighted by Crippen LogP contribution is 2.13. The molecule has 0 radical (unpaired) electrons. The second-order valence-electron chi connectivity index (χ2n) is 5.35. The van der Waals surface area contributed by atoms with Crippen molar-refractivity contribution in [2.45, 2.75) is 6.92 Å². The van der Waals surface area contributed by atoms with Crippen LogP contribution in [0.4, 0.5) is 11.4 Å². The lowest BCUT2D eigenvalue weighted by atomic mass is 10.1. The molecule has 0 atom stereocenters. The van der Waals surface area contributed by atoms with Crippen LogP contribution >= 0.6 is 0 Å². The Kier molecular flexibility index (Phi) is 5.85. The lowest BCUT2D eigenvalue weighted by molar-refractivity contribution is -0.112. The number of anilines is 2. The van der Waals surface area contributed by atoms with Crippen molar-refractivity contribution in [3.8, 4) is 6.07 Å². The van der Waals surface area contributed by atoms with Crippen molar-refractivity contribution in [2.24, 2.45) is 5.73 Å². The monoisotopic (exact) mass is 348 g/mol. The Labute approximate surface area is 150 Å². The first kappa shape index (κ1) is 18.4. The van der Waals surface area contributed by atoms with Gasteiger partial charge in [-0.25, -0.2) is 0 Å². The van der Waals surface area contributed by atoms with Crippen LogP contribution in [0.15, 0.2) is 60.3 Å². The van der Waals surface area contributed by atoms with Crippen LogP contribution in [-0.4, -0.2) is 17.6 Å². The van der Waals surface area contributed by atoms with E-state index in [4.69, 9.17) is 5.73 Å². The van der Waals surface area contributed by atoms with Gasteiger partial charge in [0.05, 0.1) is 0 Å². The summed E-state index contributed by atoms with van der Waals surface area (Å²) in [6, 6.07) is 14.5. The molecule has 0 unspecified atom stereocenters. The summed E-state index contributed by atoms with van der Waals surface area (Å²) in [5.41, 5.74) is 6.80. The number of nitrogens with two attached hydrogens (primary N) is 1. The molecule has 0 fully saturated rings. The van der Waals surface area contributed by atoms with Crippen LogP contribution < -0.4 is 16.4 Å². The maximum Gasteiger partial charge on any atom is 0.267 e. The molecular weight excluding hydrogens is 332 g/mol. The summed E-state index contributed by atoms with van der Waals surface area (Å²) >= 11 is 0. The summed E-state index contributed by atoms with van der Waals surface area (Å²) in [6.07, 6.45) is 1.25. The number of ketones is 1. The third kappa shape index (κ3) is 4.79. The Morgan fingerprint density at radius 3 is 2.31 bits per heavy atom. The number of Topliss-reactive ketones (excluding diaryl/α,β-unsaturated/α-hetero) is 1. The zero-order valence-corrected chi connectivity index (χ0v) is 13.9. The number of hydrogen-bond acceptors (Lipinski definition) is 5. The predicted molar refractivity (Wildman–Crippen MR) is 97.4 cm³/mol. The molecule has 2 aromatic rings. The summed E-state index contributed by atoms with van der Waals surface area (Å²) in [5, 5.41) is 14.5. The van der Waals surface area contributed by atoms with Crippen molar-refractivity contribution in [1.82, 2.24) is 0 Å². The minimum atomic E-state index is -0.616. The molecule has 2 rings (SSSR count). The fraction of sp³-hybridized carbons (Fsp3) is 0.0526. The van der Waals surface area contributed by atoms with E-state index in [0.29, 0.717) is 22.5 Å². The maximum atomic E-state index is 12.2. The maximum absolute atomic E-state index is 12.2. The zero-order chi connectivity index (χ0) is 19.1. The van der Waals surface area contributed by atoms with Crippen molar-refractivity contribution in [3.05, 3.63) is 71.4 Å². The van der Waals surface area contributed by atoms with E-state index in [2.05, 4.69) is 10.6 Å². The van der Waals surface area contributed by atoms with Gasteiger partial charge in [0.1, 0.15) is 11.6 Å². The first-order valence-electron chi connectivity index (χ1n) is 7.59. The molecule has 2 amide bonds. The molecule has 0 aromatic heterocycles. The molecular formula is C19H16N4O3. The highest BCUT2D eigenvalue weighted by Gasteiger charge is 2.10. The van der Waals surface area contributed by atoms with Crippen LogP contribution in [0.5, 0.6) is 0 Å². The van der Waals surface area contributed by atoms with E-state index in [1.54, 1.807) is 36.4 Å². The lowest BCUT2D eigenvalue weighted by Gasteiger charge is -2.06. The topological polar surface area (TPSA) is 125 Å². The molecule has 7 nitrogen and oxygen atoms in total. The highest BCUT2D eigenvalue weighted by atomic mass is 16.2. The van der Waals surface area contributed by atoms with Gasteiger partial charge in [0, 0.05) is 28.7 Å². The van der Waals surface area contributed by atoms with Gasteiger partial charge in [-0.1, -0.05) is 12.1 Å². The minimum absolute atomic E-state index is 0.127. The molecule has 0 heterocycles. The van der Waals surface area contributed by atoms with Gasteiger partial charge in [-0.2, -0.15) is 5.26 Å². The molecule has 0 bridgehead atoms. The number of benzene rings is 2. The number of carbonyl (C=O) groups excluding carboxylic acids is 3. The van der Waals surface area contributed by atoms with Gasteiger partial charge in [0.15, 0.2) is 5.78 Å². The van der Waals surface area contributed by atoms with Crippen LogP contribution in [0, 0.1) is 11.3 Å². The van der Waals surface area contributed by atoms with Gasteiger partial charge < -0.3 is 16.4 Å². The minimum Gasteiger partial charge on any atom is -0.366 e. The van der Waals surface area contributed by atoms with E-state index < -0.39 is 11.8 Å². The predicted octanol–water partition coefficient (Wildman–Crippen LogP) is 2.45. The Bertz CT molecular complexity index is 925. The Morgan fingerprint density at radius 2 is 1.73 bits per heavy atom. The van der Waals surface area contributed by atoms with Gasteiger partial charge in [0.25, 0.3) is 5.91 Å². The summed E-state index contributed by atoms with van der Waals surface area (Å²) < 4.78 is 0. The highest BCUT2D eigenvalue weighted by molar-refractivity contribution is 6.07. The van der Waals surface area contributed by atoms with Crippen molar-refractivity contribution in [2.75, 3.05) is 10.6 Å². The Balaban J connectivity index is 2.09. The molecule has 2 aromatic carbocycles. The molecule has 0 aliphatic heterocycles. The standard InChI is InChI=1S/C19H16N4O3/c1-12(24)14-3-2-4-17(9-14)23-19(26)15(10-20)11-22-16-7-5-13(6-8-16)18(21)25/h2-9,11,22H,1H3,(H2,21,25)(H,23,26)/b15-11-. The number of rotatable bonds is 6. The third-order valence-electron chi connectivity index (χ3n) is 3.44. The van der Waals surface area contributed by atoms with Gasteiger partial charge in [-0.15, -0.1) is 0 Å². The van der Waals surface area contributed by atoms with Gasteiger partial charge in [-0.3, -0.25) is 14.4 Å². The number of primary amides is 1. The van der Waals surface area contributed by atoms with Crippen molar-refractivity contribution >= 4 is 29.0 Å². The zero-order valence-electron chi connectivity index (χ0n) is 13.9. The molecule has 0 aliphatic rings. The SMILES string of the molecule is CC(=O)c1cccc(NC(=O)/C(C#N)=C\Nc2ccc(C(N)=O)cc2)c1. The first-order valence-corrected chi connectivity index (χ1v) is 7.59. The number of nitriles is 1. The largest absolute Gasteiger partial charge is 0.366 e. The van der Waals surface area contributed by atoms with Gasteiger partial charge >= 0.3 is 0 Å². The first-order chi connectivity index (χ1) is 12.4.